The molecule has 3 rings (SSSR count). The molecule has 1 aliphatic rings. The summed E-state index contributed by atoms with van der Waals surface area (Å²) in [6.45, 7) is -0.515. The van der Waals surface area contributed by atoms with E-state index < -0.39 is 28.5 Å². The molecule has 1 aliphatic heterocycles. The molecular formula is C16H23F2N7O4S. The van der Waals surface area contributed by atoms with Gasteiger partial charge in [-0.05, 0) is 19.8 Å². The lowest BCUT2D eigenvalue weighted by Crippen LogP contribution is -2.38. The number of aromatic nitrogens is 5. The average molecular weight is 447 g/mol. The fraction of sp³-hybridized carbons (Fsp3) is 0.625. The highest BCUT2D eigenvalue weighted by atomic mass is 32.2. The van der Waals surface area contributed by atoms with Crippen molar-refractivity contribution in [3.05, 3.63) is 23.8 Å². The topological polar surface area (TPSA) is 124 Å². The van der Waals surface area contributed by atoms with Crippen LogP contribution in [0.5, 0.6) is 0 Å². The number of hydrogen-bond acceptors (Lipinski definition) is 7. The number of sulfonamides is 1. The summed E-state index contributed by atoms with van der Waals surface area (Å²) in [7, 11) is -2.50. The van der Waals surface area contributed by atoms with Gasteiger partial charge in [0, 0.05) is 26.2 Å². The molecule has 1 amide bonds. The Morgan fingerprint density at radius 1 is 1.43 bits per heavy atom. The minimum Gasteiger partial charge on any atom is -0.383 e. The minimum atomic E-state index is -4.01. The van der Waals surface area contributed by atoms with Crippen molar-refractivity contribution in [1.29, 1.82) is 0 Å². The Balaban J connectivity index is 1.73. The molecule has 0 spiro atoms. The van der Waals surface area contributed by atoms with Crippen LogP contribution < -0.4 is 5.32 Å². The van der Waals surface area contributed by atoms with E-state index >= 15 is 0 Å². The smallest absolute Gasteiger partial charge is 0.333 e. The Hall–Kier alpha value is -2.45. The Morgan fingerprint density at radius 2 is 2.20 bits per heavy atom. The Kier molecular flexibility index (Phi) is 6.77. The molecule has 0 radical (unpaired) electrons. The number of ether oxygens (including phenoxy) is 1. The SMILES string of the molecule is COCCNC(=O)c1cn(C[C@@H]2CCCN2S(=O)(=O)c2cnn(C(F)F)c2C)nn1. The van der Waals surface area contributed by atoms with E-state index in [1.807, 2.05) is 0 Å². The Morgan fingerprint density at radius 3 is 2.87 bits per heavy atom. The highest BCUT2D eigenvalue weighted by Gasteiger charge is 2.38. The van der Waals surface area contributed by atoms with Crippen LogP contribution in [0.1, 0.15) is 35.6 Å². The fourth-order valence-electron chi connectivity index (χ4n) is 3.36. The van der Waals surface area contributed by atoms with Crippen molar-refractivity contribution in [3.63, 3.8) is 0 Å². The zero-order chi connectivity index (χ0) is 21.9. The molecule has 0 aromatic carbocycles. The third-order valence-corrected chi connectivity index (χ3v) is 6.91. The Labute approximate surface area is 172 Å². The predicted molar refractivity (Wildman–Crippen MR) is 99.4 cm³/mol. The lowest BCUT2D eigenvalue weighted by atomic mass is 10.2. The van der Waals surface area contributed by atoms with Gasteiger partial charge in [0.05, 0.1) is 31.2 Å². The Bertz CT molecular complexity index is 992. The van der Waals surface area contributed by atoms with E-state index in [0.29, 0.717) is 30.7 Å². The molecule has 1 fully saturated rings. The fourth-order valence-corrected chi connectivity index (χ4v) is 5.19. The van der Waals surface area contributed by atoms with Crippen LogP contribution in [0, 0.1) is 6.92 Å². The summed E-state index contributed by atoms with van der Waals surface area (Å²) in [6.07, 6.45) is 3.57. The quantitative estimate of drug-likeness (QED) is 0.552. The molecule has 14 heteroatoms. The molecule has 2 aromatic rings. The molecule has 3 heterocycles. The number of halogens is 2. The van der Waals surface area contributed by atoms with E-state index in [-0.39, 0.29) is 29.4 Å². The van der Waals surface area contributed by atoms with Crippen LogP contribution in [0.2, 0.25) is 0 Å². The predicted octanol–water partition coefficient (Wildman–Crippen LogP) is 0.408. The molecule has 0 bridgehead atoms. The largest absolute Gasteiger partial charge is 0.383 e. The summed E-state index contributed by atoms with van der Waals surface area (Å²) in [5, 5.41) is 13.8. The van der Waals surface area contributed by atoms with Gasteiger partial charge in [0.1, 0.15) is 4.90 Å². The highest BCUT2D eigenvalue weighted by molar-refractivity contribution is 7.89. The third-order valence-electron chi connectivity index (χ3n) is 4.86. The van der Waals surface area contributed by atoms with Gasteiger partial charge >= 0.3 is 6.55 Å². The second-order valence-electron chi connectivity index (χ2n) is 6.80. The zero-order valence-corrected chi connectivity index (χ0v) is 17.3. The van der Waals surface area contributed by atoms with E-state index in [1.165, 1.54) is 29.2 Å². The van der Waals surface area contributed by atoms with E-state index in [0.717, 1.165) is 6.20 Å². The summed E-state index contributed by atoms with van der Waals surface area (Å²) < 4.78 is 60.0. The van der Waals surface area contributed by atoms with Crippen molar-refractivity contribution < 1.29 is 26.7 Å². The number of carbonyl (C=O) groups excluding carboxylic acids is 1. The monoisotopic (exact) mass is 447 g/mol. The van der Waals surface area contributed by atoms with Gasteiger partial charge in [0.2, 0.25) is 10.0 Å². The standard InChI is InChI=1S/C16H23F2N7O4S/c1-11-14(8-20-25(11)16(17)18)30(27,28)24-6-3-4-12(24)9-23-10-13(21-22-23)15(26)19-5-7-29-2/h8,10,12,16H,3-7,9H2,1-2H3,(H,19,26)/t12-/m0/s1. The van der Waals surface area contributed by atoms with E-state index in [9.17, 15) is 22.0 Å². The molecule has 0 aliphatic carbocycles. The first kappa shape index (κ1) is 22.2. The van der Waals surface area contributed by atoms with Gasteiger partial charge in [-0.1, -0.05) is 5.21 Å². The molecular weight excluding hydrogens is 424 g/mol. The van der Waals surface area contributed by atoms with Crippen LogP contribution in [-0.2, 0) is 21.3 Å². The summed E-state index contributed by atoms with van der Waals surface area (Å²) in [5.74, 6) is -0.413. The maximum atomic E-state index is 13.1. The molecule has 166 valence electrons. The summed E-state index contributed by atoms with van der Waals surface area (Å²) in [4.78, 5) is 11.8. The first-order valence-corrected chi connectivity index (χ1v) is 10.7. The number of rotatable bonds is 9. The van der Waals surface area contributed by atoms with Crippen molar-refractivity contribution in [1.82, 2.24) is 34.4 Å². The number of nitrogens with one attached hydrogen (secondary N) is 1. The molecule has 1 atom stereocenters. The second kappa shape index (κ2) is 9.14. The van der Waals surface area contributed by atoms with Gasteiger partial charge in [-0.25, -0.2) is 13.1 Å². The van der Waals surface area contributed by atoms with Crippen LogP contribution in [0.25, 0.3) is 0 Å². The first-order valence-electron chi connectivity index (χ1n) is 9.27. The number of methoxy groups -OCH3 is 1. The van der Waals surface area contributed by atoms with Crippen molar-refractivity contribution >= 4 is 15.9 Å². The van der Waals surface area contributed by atoms with Crippen LogP contribution in [-0.4, -0.2) is 76.3 Å². The lowest BCUT2D eigenvalue weighted by Gasteiger charge is -2.23. The molecule has 11 nitrogen and oxygen atoms in total. The van der Waals surface area contributed by atoms with Crippen molar-refractivity contribution in [2.45, 2.75) is 43.8 Å². The molecule has 1 saturated heterocycles. The van der Waals surface area contributed by atoms with E-state index in [2.05, 4.69) is 20.7 Å². The third kappa shape index (κ3) is 4.49. The van der Waals surface area contributed by atoms with Crippen molar-refractivity contribution in [2.75, 3.05) is 26.8 Å². The number of amides is 1. The second-order valence-corrected chi connectivity index (χ2v) is 8.66. The number of nitrogens with zero attached hydrogens (tertiary/aromatic N) is 6. The van der Waals surface area contributed by atoms with Gasteiger partial charge in [-0.2, -0.15) is 18.2 Å². The summed E-state index contributed by atoms with van der Waals surface area (Å²) in [5.41, 5.74) is -0.0148. The van der Waals surface area contributed by atoms with Gasteiger partial charge in [-0.15, -0.1) is 5.10 Å². The number of hydrogen-bond donors (Lipinski definition) is 1. The summed E-state index contributed by atoms with van der Waals surface area (Å²) in [6, 6.07) is -0.449. The van der Waals surface area contributed by atoms with E-state index in [4.69, 9.17) is 4.74 Å². The van der Waals surface area contributed by atoms with Crippen molar-refractivity contribution in [2.24, 2.45) is 0 Å². The molecule has 0 saturated carbocycles. The van der Waals surface area contributed by atoms with E-state index in [1.54, 1.807) is 0 Å². The zero-order valence-electron chi connectivity index (χ0n) is 16.5. The van der Waals surface area contributed by atoms with Crippen LogP contribution in [0.4, 0.5) is 8.78 Å². The van der Waals surface area contributed by atoms with Crippen LogP contribution in [0.15, 0.2) is 17.3 Å². The van der Waals surface area contributed by atoms with Crippen LogP contribution >= 0.6 is 0 Å². The normalized spacial score (nSPS) is 17.7. The maximum absolute atomic E-state index is 13.1. The first-order chi connectivity index (χ1) is 14.3. The van der Waals surface area contributed by atoms with Crippen LogP contribution in [0.3, 0.4) is 0 Å². The van der Waals surface area contributed by atoms with Gasteiger partial charge < -0.3 is 10.1 Å². The molecule has 1 N–H and O–H groups in total. The molecule has 30 heavy (non-hydrogen) atoms. The van der Waals surface area contributed by atoms with Crippen molar-refractivity contribution in [3.8, 4) is 0 Å². The maximum Gasteiger partial charge on any atom is 0.333 e. The van der Waals surface area contributed by atoms with Gasteiger partial charge in [0.15, 0.2) is 5.69 Å². The molecule has 2 aromatic heterocycles. The molecule has 0 unspecified atom stereocenters. The average Bonchev–Trinajstić information content (AvgIpc) is 3.42. The minimum absolute atomic E-state index is 0.104. The van der Waals surface area contributed by atoms with Gasteiger partial charge in [0.25, 0.3) is 5.91 Å². The number of carbonyl (C=O) groups is 1. The lowest BCUT2D eigenvalue weighted by molar-refractivity contribution is 0.0541. The number of alkyl halides is 2. The highest BCUT2D eigenvalue weighted by Crippen LogP contribution is 2.29. The summed E-state index contributed by atoms with van der Waals surface area (Å²) >= 11 is 0. The van der Waals surface area contributed by atoms with Gasteiger partial charge in [-0.3, -0.25) is 9.48 Å².